The maximum atomic E-state index is 11.8. The Hall–Kier alpha value is -1.10. The van der Waals surface area contributed by atoms with E-state index in [1.165, 1.54) is 0 Å². The van der Waals surface area contributed by atoms with Crippen molar-refractivity contribution in [3.05, 3.63) is 28.8 Å². The molecule has 0 spiro atoms. The SMILES string of the molecule is Cc1cc(Cl)ccc1NC(=O)CN1CC[C@H](O)C1. The Kier molecular flexibility index (Phi) is 4.22. The Bertz CT molecular complexity index is 451. The average molecular weight is 269 g/mol. The Labute approximate surface area is 112 Å². The van der Waals surface area contributed by atoms with Crippen molar-refractivity contribution < 1.29 is 9.90 Å². The minimum Gasteiger partial charge on any atom is -0.392 e. The molecule has 1 heterocycles. The number of amides is 1. The highest BCUT2D eigenvalue weighted by molar-refractivity contribution is 6.30. The second-order valence-corrected chi connectivity index (χ2v) is 5.12. The quantitative estimate of drug-likeness (QED) is 0.877. The van der Waals surface area contributed by atoms with Crippen molar-refractivity contribution in [2.45, 2.75) is 19.4 Å². The van der Waals surface area contributed by atoms with Crippen LogP contribution in [0.5, 0.6) is 0 Å². The van der Waals surface area contributed by atoms with Gasteiger partial charge in [-0.3, -0.25) is 9.69 Å². The summed E-state index contributed by atoms with van der Waals surface area (Å²) in [5, 5.41) is 12.9. The first-order valence-corrected chi connectivity index (χ1v) is 6.39. The summed E-state index contributed by atoms with van der Waals surface area (Å²) in [4.78, 5) is 13.8. The highest BCUT2D eigenvalue weighted by atomic mass is 35.5. The van der Waals surface area contributed by atoms with E-state index in [0.29, 0.717) is 18.1 Å². The minimum atomic E-state index is -0.296. The Balaban J connectivity index is 1.91. The molecule has 0 unspecified atom stereocenters. The van der Waals surface area contributed by atoms with Crippen molar-refractivity contribution in [2.24, 2.45) is 0 Å². The molecule has 1 atom stereocenters. The summed E-state index contributed by atoms with van der Waals surface area (Å²) in [6, 6.07) is 5.37. The summed E-state index contributed by atoms with van der Waals surface area (Å²) in [5.74, 6) is -0.0606. The number of halogens is 1. The molecule has 0 radical (unpaired) electrons. The van der Waals surface area contributed by atoms with Crippen molar-refractivity contribution in [3.8, 4) is 0 Å². The number of aryl methyl sites for hydroxylation is 1. The van der Waals surface area contributed by atoms with Crippen LogP contribution in [-0.4, -0.2) is 41.7 Å². The molecule has 0 aliphatic carbocycles. The Morgan fingerprint density at radius 2 is 2.39 bits per heavy atom. The van der Waals surface area contributed by atoms with Crippen molar-refractivity contribution in [1.82, 2.24) is 4.90 Å². The van der Waals surface area contributed by atoms with E-state index >= 15 is 0 Å². The molecule has 1 fully saturated rings. The van der Waals surface area contributed by atoms with E-state index in [4.69, 9.17) is 11.6 Å². The number of rotatable bonds is 3. The molecule has 0 bridgehead atoms. The number of nitrogens with zero attached hydrogens (tertiary/aromatic N) is 1. The smallest absolute Gasteiger partial charge is 0.238 e. The van der Waals surface area contributed by atoms with Gasteiger partial charge in [-0.15, -0.1) is 0 Å². The molecule has 1 aromatic carbocycles. The molecule has 0 aromatic heterocycles. The standard InChI is InChI=1S/C13H17ClN2O2/c1-9-6-10(14)2-3-12(9)15-13(18)8-16-5-4-11(17)7-16/h2-3,6,11,17H,4-5,7-8H2,1H3,(H,15,18)/t11-/m0/s1. The zero-order valence-corrected chi connectivity index (χ0v) is 11.1. The number of aliphatic hydroxyl groups excluding tert-OH is 1. The predicted octanol–water partition coefficient (Wildman–Crippen LogP) is 1.65. The molecular weight excluding hydrogens is 252 g/mol. The summed E-state index contributed by atoms with van der Waals surface area (Å²) in [6.07, 6.45) is 0.447. The third kappa shape index (κ3) is 3.45. The highest BCUT2D eigenvalue weighted by Gasteiger charge is 2.22. The molecule has 1 amide bonds. The van der Waals surface area contributed by atoms with E-state index in [2.05, 4.69) is 5.32 Å². The fourth-order valence-electron chi connectivity index (χ4n) is 2.12. The maximum absolute atomic E-state index is 11.8. The molecule has 1 aromatic rings. The third-order valence-electron chi connectivity index (χ3n) is 3.08. The van der Waals surface area contributed by atoms with Crippen LogP contribution in [0.25, 0.3) is 0 Å². The number of benzene rings is 1. The third-order valence-corrected chi connectivity index (χ3v) is 3.31. The number of β-amino-alcohol motifs (C(OH)–C–C–N with tert-alkyl or cyclic N) is 1. The van der Waals surface area contributed by atoms with Crippen molar-refractivity contribution >= 4 is 23.2 Å². The normalized spacial score (nSPS) is 20.1. The Morgan fingerprint density at radius 3 is 3.00 bits per heavy atom. The number of anilines is 1. The Morgan fingerprint density at radius 1 is 1.61 bits per heavy atom. The fraction of sp³-hybridized carbons (Fsp3) is 0.462. The van der Waals surface area contributed by atoms with Gasteiger partial charge in [0.2, 0.25) is 5.91 Å². The number of hydrogen-bond acceptors (Lipinski definition) is 3. The molecule has 5 heteroatoms. The first-order chi connectivity index (χ1) is 8.54. The molecule has 0 saturated carbocycles. The summed E-state index contributed by atoms with van der Waals surface area (Å²) in [6.45, 7) is 3.57. The number of aliphatic hydroxyl groups is 1. The summed E-state index contributed by atoms with van der Waals surface area (Å²) < 4.78 is 0. The molecule has 98 valence electrons. The van der Waals surface area contributed by atoms with Gasteiger partial charge in [0, 0.05) is 23.8 Å². The van der Waals surface area contributed by atoms with E-state index in [-0.39, 0.29) is 12.0 Å². The lowest BCUT2D eigenvalue weighted by Crippen LogP contribution is -2.32. The topological polar surface area (TPSA) is 52.6 Å². The van der Waals surface area contributed by atoms with Crippen LogP contribution in [0.3, 0.4) is 0 Å². The van der Waals surface area contributed by atoms with Crippen LogP contribution < -0.4 is 5.32 Å². The lowest BCUT2D eigenvalue weighted by atomic mass is 10.2. The lowest BCUT2D eigenvalue weighted by Gasteiger charge is -2.15. The lowest BCUT2D eigenvalue weighted by molar-refractivity contribution is -0.117. The summed E-state index contributed by atoms with van der Waals surface area (Å²) in [7, 11) is 0. The molecule has 2 N–H and O–H groups in total. The van der Waals surface area contributed by atoms with Crippen LogP contribution >= 0.6 is 11.6 Å². The number of carbonyl (C=O) groups excluding carboxylic acids is 1. The van der Waals surface area contributed by atoms with Crippen molar-refractivity contribution in [1.29, 1.82) is 0 Å². The van der Waals surface area contributed by atoms with Crippen LogP contribution in [0, 0.1) is 6.92 Å². The van der Waals surface area contributed by atoms with Gasteiger partial charge < -0.3 is 10.4 Å². The van der Waals surface area contributed by atoms with E-state index < -0.39 is 0 Å². The van der Waals surface area contributed by atoms with E-state index in [1.807, 2.05) is 17.9 Å². The number of hydrogen-bond donors (Lipinski definition) is 2. The van der Waals surface area contributed by atoms with Gasteiger partial charge in [0.15, 0.2) is 0 Å². The first kappa shape index (κ1) is 13.3. The van der Waals surface area contributed by atoms with Gasteiger partial charge in [0.25, 0.3) is 0 Å². The molecule has 1 saturated heterocycles. The minimum absolute atomic E-state index is 0.0606. The average Bonchev–Trinajstić information content (AvgIpc) is 2.68. The number of likely N-dealkylation sites (tertiary alicyclic amines) is 1. The molecule has 1 aliphatic rings. The van der Waals surface area contributed by atoms with Crippen molar-refractivity contribution in [2.75, 3.05) is 25.0 Å². The molecule has 1 aliphatic heterocycles. The zero-order chi connectivity index (χ0) is 13.1. The van der Waals surface area contributed by atoms with Gasteiger partial charge in [-0.1, -0.05) is 11.6 Å². The van der Waals surface area contributed by atoms with Gasteiger partial charge in [0.05, 0.1) is 12.6 Å². The molecular formula is C13H17ClN2O2. The fourth-order valence-corrected chi connectivity index (χ4v) is 2.34. The van der Waals surface area contributed by atoms with E-state index in [1.54, 1.807) is 12.1 Å². The first-order valence-electron chi connectivity index (χ1n) is 6.01. The largest absolute Gasteiger partial charge is 0.392 e. The van der Waals surface area contributed by atoms with Crippen LogP contribution in [0.2, 0.25) is 5.02 Å². The second-order valence-electron chi connectivity index (χ2n) is 4.69. The van der Waals surface area contributed by atoms with E-state index in [0.717, 1.165) is 24.2 Å². The summed E-state index contributed by atoms with van der Waals surface area (Å²) >= 11 is 5.86. The van der Waals surface area contributed by atoms with Crippen LogP contribution in [0.4, 0.5) is 5.69 Å². The van der Waals surface area contributed by atoms with Crippen molar-refractivity contribution in [3.63, 3.8) is 0 Å². The number of nitrogens with one attached hydrogen (secondary N) is 1. The maximum Gasteiger partial charge on any atom is 0.238 e. The highest BCUT2D eigenvalue weighted by Crippen LogP contribution is 2.19. The van der Waals surface area contributed by atoms with Crippen LogP contribution in [0.15, 0.2) is 18.2 Å². The van der Waals surface area contributed by atoms with Gasteiger partial charge in [-0.05, 0) is 37.1 Å². The van der Waals surface area contributed by atoms with E-state index in [9.17, 15) is 9.90 Å². The van der Waals surface area contributed by atoms with Gasteiger partial charge in [0.1, 0.15) is 0 Å². The van der Waals surface area contributed by atoms with Crippen LogP contribution in [0.1, 0.15) is 12.0 Å². The predicted molar refractivity (Wildman–Crippen MR) is 71.9 cm³/mol. The van der Waals surface area contributed by atoms with Gasteiger partial charge >= 0.3 is 0 Å². The molecule has 18 heavy (non-hydrogen) atoms. The zero-order valence-electron chi connectivity index (χ0n) is 10.3. The molecule has 2 rings (SSSR count). The number of carbonyl (C=O) groups is 1. The second kappa shape index (κ2) is 5.69. The monoisotopic (exact) mass is 268 g/mol. The molecule has 4 nitrogen and oxygen atoms in total. The van der Waals surface area contributed by atoms with Crippen LogP contribution in [-0.2, 0) is 4.79 Å². The van der Waals surface area contributed by atoms with Gasteiger partial charge in [-0.2, -0.15) is 0 Å². The summed E-state index contributed by atoms with van der Waals surface area (Å²) in [5.41, 5.74) is 1.72. The van der Waals surface area contributed by atoms with Gasteiger partial charge in [-0.25, -0.2) is 0 Å².